The van der Waals surface area contributed by atoms with E-state index in [1.165, 1.54) is 13.8 Å². The normalized spacial score (nSPS) is 6.22. The third-order valence-electron chi connectivity index (χ3n) is 0.289. The Kier molecular flexibility index (Phi) is 27.6. The topological polar surface area (TPSA) is 26.3 Å². The Bertz CT molecular complexity index is 44.9. The lowest BCUT2D eigenvalue weighted by Gasteiger charge is -1.76. The summed E-state index contributed by atoms with van der Waals surface area (Å²) < 4.78 is 4.54. The molecule has 0 atom stereocenters. The fourth-order valence-electron chi connectivity index (χ4n) is 0. The van der Waals surface area contributed by atoms with Gasteiger partial charge in [-0.2, -0.15) is 0 Å². The van der Waals surface area contributed by atoms with Crippen LogP contribution in [-0.4, -0.2) is 19.5 Å². The highest BCUT2D eigenvalue weighted by atomic mass is 16.5. The molecule has 0 aromatic rings. The predicted octanol–water partition coefficient (Wildman–Crippen LogP) is 1.88. The fourth-order valence-corrected chi connectivity index (χ4v) is 0. The van der Waals surface area contributed by atoms with Gasteiger partial charge in [0.25, 0.3) is 0 Å². The van der Waals surface area contributed by atoms with Crippen LogP contribution in [0.1, 0.15) is 28.2 Å². The zero-order valence-corrected chi connectivity index (χ0v) is 6.02. The van der Waals surface area contributed by atoms with Crippen LogP contribution >= 0.6 is 0 Å². The minimum absolute atomic E-state index is 0. The molecule has 0 fully saturated rings. The maximum Gasteiger partial charge on any atom is 0.126 e. The molecular weight excluding hydrogens is 116 g/mol. The average Bonchev–Trinajstić information content (AvgIpc) is 1.65. The smallest absolute Gasteiger partial charge is 0.126 e. The number of hydrogen-bond acceptors (Lipinski definition) is 2. The first-order valence-corrected chi connectivity index (χ1v) is 2.61. The molecule has 0 aromatic heterocycles. The van der Waals surface area contributed by atoms with Crippen molar-refractivity contribution in [1.82, 2.24) is 0 Å². The first-order valence-electron chi connectivity index (χ1n) is 2.61. The molecule has 0 bridgehead atoms. The number of carbonyl (C=O) groups is 1. The molecule has 0 radical (unpaired) electrons. The second-order valence-corrected chi connectivity index (χ2v) is 1.49. The highest BCUT2D eigenvalue weighted by molar-refractivity contribution is 5.72. The zero-order valence-electron chi connectivity index (χ0n) is 6.02. The van der Waals surface area contributed by atoms with Crippen molar-refractivity contribution in [2.45, 2.75) is 28.2 Å². The van der Waals surface area contributed by atoms with Crippen molar-refractivity contribution in [1.29, 1.82) is 0 Å². The molecule has 2 nitrogen and oxygen atoms in total. The van der Waals surface area contributed by atoms with Gasteiger partial charge in [0.2, 0.25) is 0 Å². The van der Waals surface area contributed by atoms with Crippen LogP contribution in [-0.2, 0) is 9.53 Å². The number of Topliss-reactive ketones (excluding diaryl/α,β-unsaturated/α-hetero) is 1. The number of rotatable bonds is 1. The number of methoxy groups -OCH3 is 1. The van der Waals surface area contributed by atoms with Gasteiger partial charge in [0.05, 0.1) is 0 Å². The van der Waals surface area contributed by atoms with E-state index in [9.17, 15) is 4.79 Å². The van der Waals surface area contributed by atoms with E-state index in [-0.39, 0.29) is 13.2 Å². The van der Waals surface area contributed by atoms with Crippen LogP contribution in [0, 0.1) is 0 Å². The Morgan fingerprint density at radius 1 is 1.44 bits per heavy atom. The lowest BCUT2D eigenvalue weighted by Crippen LogP contribution is -1.73. The van der Waals surface area contributed by atoms with E-state index >= 15 is 0 Å². The van der Waals surface area contributed by atoms with E-state index in [0.717, 1.165) is 6.61 Å². The van der Waals surface area contributed by atoms with Crippen LogP contribution in [0.5, 0.6) is 0 Å². The van der Waals surface area contributed by atoms with Gasteiger partial charge in [-0.25, -0.2) is 0 Å². The van der Waals surface area contributed by atoms with Gasteiger partial charge in [-0.05, 0) is 20.8 Å². The summed E-state index contributed by atoms with van der Waals surface area (Å²) in [6.07, 6.45) is 0. The molecule has 0 N–H and O–H groups in total. The van der Waals surface area contributed by atoms with E-state index in [1.54, 1.807) is 7.11 Å². The van der Waals surface area contributed by atoms with Crippen LogP contribution < -0.4 is 0 Å². The second-order valence-electron chi connectivity index (χ2n) is 1.49. The van der Waals surface area contributed by atoms with Crippen LogP contribution in [0.2, 0.25) is 0 Å². The molecule has 58 valence electrons. The molecule has 0 saturated carbocycles. The maximum atomic E-state index is 9.44. The van der Waals surface area contributed by atoms with Crippen molar-refractivity contribution in [3.63, 3.8) is 0 Å². The molecule has 9 heavy (non-hydrogen) atoms. The maximum absolute atomic E-state index is 9.44. The molecule has 0 aliphatic carbocycles. The van der Waals surface area contributed by atoms with Gasteiger partial charge < -0.3 is 9.53 Å². The van der Waals surface area contributed by atoms with Gasteiger partial charge in [0.15, 0.2) is 0 Å². The van der Waals surface area contributed by atoms with Crippen LogP contribution in [0.4, 0.5) is 0 Å². The number of ketones is 1. The molecule has 2 heteroatoms. The Hall–Kier alpha value is -0.370. The second kappa shape index (κ2) is 15.6. The van der Waals surface area contributed by atoms with Crippen LogP contribution in [0.15, 0.2) is 0 Å². The summed E-state index contributed by atoms with van der Waals surface area (Å²) in [5.41, 5.74) is 0. The predicted molar refractivity (Wildman–Crippen MR) is 40.6 cm³/mol. The number of carbonyl (C=O) groups excluding carboxylic acids is 1. The molecular formula is C7H18O2. The first-order chi connectivity index (χ1) is 3.65. The van der Waals surface area contributed by atoms with Crippen LogP contribution in [0.25, 0.3) is 0 Å². The molecule has 0 aromatic carbocycles. The van der Waals surface area contributed by atoms with Crippen molar-refractivity contribution in [2.24, 2.45) is 0 Å². The highest BCUT2D eigenvalue weighted by Gasteiger charge is 1.62. The van der Waals surface area contributed by atoms with Crippen molar-refractivity contribution in [3.8, 4) is 0 Å². The van der Waals surface area contributed by atoms with Gasteiger partial charge >= 0.3 is 0 Å². The molecule has 0 rings (SSSR count). The van der Waals surface area contributed by atoms with Crippen molar-refractivity contribution < 1.29 is 9.53 Å². The molecule has 0 spiro atoms. The SMILES string of the molecule is C.CC(C)=O.CCOC. The first kappa shape index (κ1) is 15.9. The number of ether oxygens (including phenoxy) is 1. The quantitative estimate of drug-likeness (QED) is 0.547. The molecule has 0 aliphatic rings. The van der Waals surface area contributed by atoms with Gasteiger partial charge in [-0.15, -0.1) is 0 Å². The summed E-state index contributed by atoms with van der Waals surface area (Å²) in [4.78, 5) is 9.44. The summed E-state index contributed by atoms with van der Waals surface area (Å²) >= 11 is 0. The summed E-state index contributed by atoms with van der Waals surface area (Å²) in [7, 11) is 1.68. The summed E-state index contributed by atoms with van der Waals surface area (Å²) in [5, 5.41) is 0. The average molecular weight is 134 g/mol. The molecule has 0 amide bonds. The molecule has 0 heterocycles. The Labute approximate surface area is 58.2 Å². The number of hydrogen-bond donors (Lipinski definition) is 0. The van der Waals surface area contributed by atoms with E-state index in [4.69, 9.17) is 0 Å². The van der Waals surface area contributed by atoms with E-state index < -0.39 is 0 Å². The monoisotopic (exact) mass is 134 g/mol. The highest BCUT2D eigenvalue weighted by Crippen LogP contribution is 1.52. The third kappa shape index (κ3) is 609. The molecule has 0 saturated heterocycles. The van der Waals surface area contributed by atoms with Gasteiger partial charge in [-0.3, -0.25) is 0 Å². The van der Waals surface area contributed by atoms with E-state index in [2.05, 4.69) is 4.74 Å². The van der Waals surface area contributed by atoms with Crippen molar-refractivity contribution in [2.75, 3.05) is 13.7 Å². The van der Waals surface area contributed by atoms with Gasteiger partial charge in [0.1, 0.15) is 5.78 Å². The van der Waals surface area contributed by atoms with Gasteiger partial charge in [-0.1, -0.05) is 7.43 Å². The van der Waals surface area contributed by atoms with Crippen molar-refractivity contribution >= 4 is 5.78 Å². The minimum Gasteiger partial charge on any atom is -0.385 e. The largest absolute Gasteiger partial charge is 0.385 e. The summed E-state index contributed by atoms with van der Waals surface area (Å²) in [6, 6.07) is 0. The Balaban J connectivity index is -0.0000000720. The minimum atomic E-state index is 0. The Morgan fingerprint density at radius 2 is 1.56 bits per heavy atom. The summed E-state index contributed by atoms with van der Waals surface area (Å²) in [5.74, 6) is 0.167. The lowest BCUT2D eigenvalue weighted by atomic mass is 10.6. The van der Waals surface area contributed by atoms with E-state index in [0.29, 0.717) is 0 Å². The molecule has 0 aliphatic heterocycles. The van der Waals surface area contributed by atoms with Crippen LogP contribution in [0.3, 0.4) is 0 Å². The zero-order chi connectivity index (χ0) is 6.99. The van der Waals surface area contributed by atoms with Crippen molar-refractivity contribution in [3.05, 3.63) is 0 Å². The summed E-state index contributed by atoms with van der Waals surface area (Å²) in [6.45, 7) is 5.83. The standard InChI is InChI=1S/C3H8O.C3H6O.CH4/c1-3-4-2;1-3(2)4;/h3H2,1-2H3;1-2H3;1H4. The Morgan fingerprint density at radius 3 is 1.56 bits per heavy atom. The van der Waals surface area contributed by atoms with Gasteiger partial charge in [0, 0.05) is 13.7 Å². The van der Waals surface area contributed by atoms with E-state index in [1.807, 2.05) is 6.92 Å². The fraction of sp³-hybridized carbons (Fsp3) is 0.857. The third-order valence-corrected chi connectivity index (χ3v) is 0.289. The lowest BCUT2D eigenvalue weighted by molar-refractivity contribution is -0.114. The molecule has 0 unspecified atom stereocenters.